The van der Waals surface area contributed by atoms with E-state index in [1.54, 1.807) is 0 Å². The fourth-order valence-corrected chi connectivity index (χ4v) is 10.5. The van der Waals surface area contributed by atoms with E-state index in [1.165, 1.54) is 35.0 Å². The second kappa shape index (κ2) is 9.72. The maximum Gasteiger partial charge on any atom is 0.319 e. The van der Waals surface area contributed by atoms with E-state index in [1.807, 2.05) is 6.92 Å². The summed E-state index contributed by atoms with van der Waals surface area (Å²) in [6.45, 7) is 4.75. The molecule has 0 N–H and O–H groups in total. The summed E-state index contributed by atoms with van der Waals surface area (Å²) in [6.07, 6.45) is -2.26. The first kappa shape index (κ1) is 30.0. The maximum atomic E-state index is 14.1. The van der Waals surface area contributed by atoms with Crippen LogP contribution in [0.5, 0.6) is 0 Å². The molecule has 0 radical (unpaired) electrons. The van der Waals surface area contributed by atoms with Crippen molar-refractivity contribution in [3.8, 4) is 0 Å². The highest BCUT2D eigenvalue weighted by atomic mass is 16.7. The number of rotatable bonds is 6. The minimum Gasteiger partial charge on any atom is -0.468 e. The lowest BCUT2D eigenvalue weighted by molar-refractivity contribution is -0.273. The van der Waals surface area contributed by atoms with Crippen LogP contribution in [0.1, 0.15) is 53.4 Å². The minimum atomic E-state index is -1.81. The van der Waals surface area contributed by atoms with Crippen LogP contribution in [0.15, 0.2) is 0 Å². The maximum absolute atomic E-state index is 14.1. The van der Waals surface area contributed by atoms with Gasteiger partial charge in [0.05, 0.1) is 24.5 Å². The average molecular weight is 607 g/mol. The third-order valence-corrected chi connectivity index (χ3v) is 11.7. The standard InChI is InChI=1S/C30H38O13/c1-13(31)39-12-29(26(36)37-5)19-9-20-27(4,23-17-7-16(8-18(17)34)30(23,38-6)43-20)24-25(35)40-11-28(19,24)21(41-14(2)32)10-22(29)42-15(3)33/h16-17,19-24H,7-12H2,1-6H3/t16-,17+,19+,20+,21-,22+,23+,24-,27-,28+,29+,30+/m0/s1. The van der Waals surface area contributed by atoms with Crippen molar-refractivity contribution in [1.82, 2.24) is 0 Å². The van der Waals surface area contributed by atoms with Crippen LogP contribution in [0.2, 0.25) is 0 Å². The van der Waals surface area contributed by atoms with Crippen LogP contribution in [-0.4, -0.2) is 87.2 Å². The molecule has 0 aromatic rings. The second-order valence-electron chi connectivity index (χ2n) is 13.3. The van der Waals surface area contributed by atoms with Gasteiger partial charge in [0.15, 0.2) is 5.79 Å². The van der Waals surface area contributed by atoms with Crippen LogP contribution in [-0.2, 0) is 61.9 Å². The Kier molecular flexibility index (Phi) is 6.78. The number of ether oxygens (including phenoxy) is 7. The zero-order chi connectivity index (χ0) is 31.3. The molecule has 6 aliphatic rings. The molecule has 0 aromatic heterocycles. The predicted octanol–water partition coefficient (Wildman–Crippen LogP) is 1.13. The molecule has 2 saturated heterocycles. The van der Waals surface area contributed by atoms with Gasteiger partial charge in [0, 0.05) is 63.9 Å². The number of carbonyl (C=O) groups is 6. The van der Waals surface area contributed by atoms with Crippen molar-refractivity contribution in [3.05, 3.63) is 0 Å². The number of cyclic esters (lactones) is 1. The number of methoxy groups -OCH3 is 2. The molecule has 13 nitrogen and oxygen atoms in total. The Morgan fingerprint density at radius 2 is 1.60 bits per heavy atom. The van der Waals surface area contributed by atoms with Crippen molar-refractivity contribution in [3.63, 3.8) is 0 Å². The van der Waals surface area contributed by atoms with Crippen molar-refractivity contribution < 1.29 is 61.9 Å². The van der Waals surface area contributed by atoms with Gasteiger partial charge in [0.1, 0.15) is 36.6 Å². The molecular weight excluding hydrogens is 568 g/mol. The van der Waals surface area contributed by atoms with Gasteiger partial charge in [0.25, 0.3) is 0 Å². The SMILES string of the molecule is COC(=O)[C@@]1(COC(C)=O)[C@H](OC(C)=O)C[C@H](OC(C)=O)[C@]23COC(=O)[C@H]2[C@@]2(C)[C@@H](C[C@@H]13)O[C@]1(OC)[C@@H]3CC(=O)[C@@H](C3)[C@@H]12. The van der Waals surface area contributed by atoms with Gasteiger partial charge in [-0.15, -0.1) is 0 Å². The molecule has 2 aliphatic heterocycles. The molecule has 4 aliphatic carbocycles. The highest BCUT2D eigenvalue weighted by Gasteiger charge is 2.85. The van der Waals surface area contributed by atoms with Crippen molar-refractivity contribution >= 4 is 35.6 Å². The van der Waals surface area contributed by atoms with Crippen molar-refractivity contribution in [2.45, 2.75) is 77.5 Å². The minimum absolute atomic E-state index is 0.0876. The van der Waals surface area contributed by atoms with Gasteiger partial charge >= 0.3 is 29.8 Å². The van der Waals surface area contributed by atoms with Crippen LogP contribution < -0.4 is 0 Å². The fourth-order valence-electron chi connectivity index (χ4n) is 10.5. The molecule has 2 heterocycles. The van der Waals surface area contributed by atoms with Gasteiger partial charge in [-0.1, -0.05) is 6.92 Å². The van der Waals surface area contributed by atoms with Gasteiger partial charge < -0.3 is 33.2 Å². The fraction of sp³-hybridized carbons (Fsp3) is 0.800. The van der Waals surface area contributed by atoms with E-state index in [0.717, 1.165) is 0 Å². The summed E-state index contributed by atoms with van der Waals surface area (Å²) in [5, 5.41) is 0. The van der Waals surface area contributed by atoms with Crippen LogP contribution >= 0.6 is 0 Å². The molecule has 13 heteroatoms. The Labute approximate surface area is 248 Å². The van der Waals surface area contributed by atoms with Crippen LogP contribution in [0, 0.1) is 45.8 Å². The smallest absolute Gasteiger partial charge is 0.319 e. The number of fused-ring (bicyclic) bond motifs is 8. The molecule has 0 unspecified atom stereocenters. The summed E-state index contributed by atoms with van der Waals surface area (Å²) in [4.78, 5) is 78.5. The van der Waals surface area contributed by atoms with Crippen LogP contribution in [0.25, 0.3) is 0 Å². The molecule has 43 heavy (non-hydrogen) atoms. The number of Topliss-reactive ketones (excluding diaryl/α,β-unsaturated/α-hetero) is 1. The average Bonchev–Trinajstić information content (AvgIpc) is 3.64. The van der Waals surface area contributed by atoms with Gasteiger partial charge in [0.2, 0.25) is 0 Å². The quantitative estimate of drug-likeness (QED) is 0.312. The van der Waals surface area contributed by atoms with E-state index in [-0.39, 0.29) is 31.1 Å². The molecule has 0 aromatic carbocycles. The van der Waals surface area contributed by atoms with E-state index in [9.17, 15) is 28.8 Å². The van der Waals surface area contributed by atoms with E-state index in [4.69, 9.17) is 33.2 Å². The Morgan fingerprint density at radius 1 is 0.930 bits per heavy atom. The Morgan fingerprint density at radius 3 is 2.21 bits per heavy atom. The largest absolute Gasteiger partial charge is 0.468 e. The monoisotopic (exact) mass is 606 g/mol. The summed E-state index contributed by atoms with van der Waals surface area (Å²) in [5.41, 5.74) is -4.19. The third kappa shape index (κ3) is 3.63. The van der Waals surface area contributed by atoms with Gasteiger partial charge in [-0.3, -0.25) is 28.8 Å². The number of esters is 5. The van der Waals surface area contributed by atoms with Crippen molar-refractivity contribution in [2.24, 2.45) is 45.8 Å². The molecule has 1 spiro atoms. The molecule has 0 amide bonds. The number of hydrogen-bond acceptors (Lipinski definition) is 13. The van der Waals surface area contributed by atoms with Gasteiger partial charge in [-0.25, -0.2) is 0 Å². The summed E-state index contributed by atoms with van der Waals surface area (Å²) in [5.74, 6) is -7.58. The second-order valence-corrected chi connectivity index (χ2v) is 13.3. The third-order valence-electron chi connectivity index (χ3n) is 11.7. The number of hydrogen-bond donors (Lipinski definition) is 0. The lowest BCUT2D eigenvalue weighted by Crippen LogP contribution is -2.73. The van der Waals surface area contributed by atoms with Crippen molar-refractivity contribution in [2.75, 3.05) is 27.4 Å². The Bertz CT molecular complexity index is 1290. The first-order valence-electron chi connectivity index (χ1n) is 14.7. The molecule has 12 atom stereocenters. The van der Waals surface area contributed by atoms with Crippen molar-refractivity contribution in [1.29, 1.82) is 0 Å². The highest BCUT2D eigenvalue weighted by molar-refractivity contribution is 5.87. The molecular formula is C30H38O13. The molecule has 2 bridgehead atoms. The molecule has 6 rings (SSSR count). The first-order valence-corrected chi connectivity index (χ1v) is 14.7. The zero-order valence-corrected chi connectivity index (χ0v) is 25.2. The van der Waals surface area contributed by atoms with E-state index < -0.39 is 100 Å². The van der Waals surface area contributed by atoms with E-state index >= 15 is 0 Å². The lowest BCUT2D eigenvalue weighted by Gasteiger charge is -2.63. The highest BCUT2D eigenvalue weighted by Crippen LogP contribution is 2.77. The topological polar surface area (TPSA) is 167 Å². The number of carbonyl (C=O) groups excluding carboxylic acids is 6. The van der Waals surface area contributed by atoms with Gasteiger partial charge in [-0.05, 0) is 18.8 Å². The normalized spacial score (nSPS) is 47.0. The lowest BCUT2D eigenvalue weighted by atomic mass is 9.39. The Hall–Kier alpha value is -3.06. The molecule has 6 fully saturated rings. The zero-order valence-electron chi connectivity index (χ0n) is 25.2. The molecule has 236 valence electrons. The molecule has 4 saturated carbocycles. The van der Waals surface area contributed by atoms with E-state index in [0.29, 0.717) is 12.8 Å². The Balaban J connectivity index is 1.60. The first-order chi connectivity index (χ1) is 20.2. The van der Waals surface area contributed by atoms with Gasteiger partial charge in [-0.2, -0.15) is 0 Å². The van der Waals surface area contributed by atoms with Crippen LogP contribution in [0.3, 0.4) is 0 Å². The van der Waals surface area contributed by atoms with Crippen LogP contribution in [0.4, 0.5) is 0 Å². The summed E-state index contributed by atoms with van der Waals surface area (Å²) in [6, 6.07) is 0. The number of ketones is 1. The summed E-state index contributed by atoms with van der Waals surface area (Å²) in [7, 11) is 2.71. The van der Waals surface area contributed by atoms with E-state index in [2.05, 4.69) is 0 Å². The predicted molar refractivity (Wildman–Crippen MR) is 139 cm³/mol. The summed E-state index contributed by atoms with van der Waals surface area (Å²) < 4.78 is 41.3. The summed E-state index contributed by atoms with van der Waals surface area (Å²) >= 11 is 0.